The normalized spacial score (nSPS) is 16.4. The summed E-state index contributed by atoms with van der Waals surface area (Å²) in [5.41, 5.74) is 0. The molecular weight excluding hydrogens is 162 g/mol. The highest BCUT2D eigenvalue weighted by Crippen LogP contribution is 2.35. The molecule has 13 heavy (non-hydrogen) atoms. The van der Waals surface area contributed by atoms with Crippen LogP contribution in [0.1, 0.15) is 38.1 Å². The first kappa shape index (κ1) is 8.75. The third-order valence-corrected chi connectivity index (χ3v) is 2.40. The highest BCUT2D eigenvalue weighted by Gasteiger charge is 2.24. The molecule has 72 valence electrons. The first-order valence-corrected chi connectivity index (χ1v) is 5.14. The fourth-order valence-corrected chi connectivity index (χ4v) is 1.54. The number of nitrogens with one attached hydrogen (secondary N) is 1. The third kappa shape index (κ3) is 2.10. The second-order valence-electron chi connectivity index (χ2n) is 3.66. The van der Waals surface area contributed by atoms with E-state index in [1.54, 1.807) is 0 Å². The van der Waals surface area contributed by atoms with E-state index in [1.165, 1.54) is 25.1 Å². The number of hydrogen-bond acceptors (Lipinski definition) is 2. The average Bonchev–Trinajstić information content (AvgIpc) is 2.88. The number of hydrogen-bond donors (Lipinski definition) is 1. The minimum atomic E-state index is 0.751. The van der Waals surface area contributed by atoms with Crippen molar-refractivity contribution in [3.05, 3.63) is 18.2 Å². The lowest BCUT2D eigenvalue weighted by Gasteiger charge is -2.06. The topological polar surface area (TPSA) is 29.9 Å². The molecule has 0 radical (unpaired) electrons. The van der Waals surface area contributed by atoms with Gasteiger partial charge in [-0.2, -0.15) is 0 Å². The van der Waals surface area contributed by atoms with Gasteiger partial charge in [0.2, 0.25) is 0 Å². The zero-order chi connectivity index (χ0) is 9.10. The van der Waals surface area contributed by atoms with Crippen LogP contribution in [-0.2, 0) is 6.54 Å². The fourth-order valence-electron chi connectivity index (χ4n) is 1.54. The van der Waals surface area contributed by atoms with E-state index in [0.29, 0.717) is 0 Å². The third-order valence-electron chi connectivity index (χ3n) is 2.40. The Labute approximate surface area is 79.2 Å². The van der Waals surface area contributed by atoms with E-state index in [2.05, 4.69) is 28.0 Å². The van der Waals surface area contributed by atoms with Gasteiger partial charge in [-0.15, -0.1) is 0 Å². The van der Waals surface area contributed by atoms with Gasteiger partial charge < -0.3 is 9.88 Å². The average molecular weight is 179 g/mol. The smallest absolute Gasteiger partial charge is 0.122 e. The van der Waals surface area contributed by atoms with E-state index in [9.17, 15) is 0 Å². The highest BCUT2D eigenvalue weighted by molar-refractivity contribution is 4.98. The second kappa shape index (κ2) is 3.92. The molecule has 2 rings (SSSR count). The fraction of sp³-hybridized carbons (Fsp3) is 0.700. The van der Waals surface area contributed by atoms with Crippen molar-refractivity contribution in [2.75, 3.05) is 6.54 Å². The lowest BCUT2D eigenvalue weighted by Crippen LogP contribution is -2.17. The minimum Gasteiger partial charge on any atom is -0.331 e. The van der Waals surface area contributed by atoms with Crippen molar-refractivity contribution in [3.8, 4) is 0 Å². The molecule has 1 aromatic rings. The predicted octanol–water partition coefficient (Wildman–Crippen LogP) is 1.72. The van der Waals surface area contributed by atoms with Crippen LogP contribution >= 0.6 is 0 Å². The highest BCUT2D eigenvalue weighted by atomic mass is 15.1. The predicted molar refractivity (Wildman–Crippen MR) is 52.5 cm³/mol. The maximum atomic E-state index is 4.35. The molecule has 0 aliphatic heterocycles. The van der Waals surface area contributed by atoms with Gasteiger partial charge in [-0.25, -0.2) is 4.98 Å². The Bertz CT molecular complexity index is 263. The summed E-state index contributed by atoms with van der Waals surface area (Å²) in [5, 5.41) is 3.38. The van der Waals surface area contributed by atoms with Gasteiger partial charge in [-0.05, 0) is 25.8 Å². The molecule has 1 aromatic heterocycles. The van der Waals surface area contributed by atoms with E-state index in [1.807, 2.05) is 6.20 Å². The van der Waals surface area contributed by atoms with E-state index in [4.69, 9.17) is 0 Å². The van der Waals surface area contributed by atoms with Gasteiger partial charge in [-0.1, -0.05) is 6.92 Å². The van der Waals surface area contributed by atoms with Crippen molar-refractivity contribution in [3.63, 3.8) is 0 Å². The quantitative estimate of drug-likeness (QED) is 0.697. The summed E-state index contributed by atoms with van der Waals surface area (Å²) in [7, 11) is 0. The minimum absolute atomic E-state index is 0.751. The molecule has 0 atom stereocenters. The zero-order valence-corrected chi connectivity index (χ0v) is 8.16. The van der Waals surface area contributed by atoms with Gasteiger partial charge >= 0.3 is 0 Å². The van der Waals surface area contributed by atoms with Gasteiger partial charge in [0.05, 0.1) is 6.54 Å². The molecular formula is C10H17N3. The van der Waals surface area contributed by atoms with Crippen LogP contribution in [0.4, 0.5) is 0 Å². The molecule has 3 nitrogen and oxygen atoms in total. The van der Waals surface area contributed by atoms with Crippen LogP contribution in [-0.4, -0.2) is 16.1 Å². The van der Waals surface area contributed by atoms with Crippen LogP contribution in [0.5, 0.6) is 0 Å². The molecule has 1 aliphatic carbocycles. The molecule has 1 fully saturated rings. The molecule has 0 bridgehead atoms. The maximum absolute atomic E-state index is 4.35. The lowest BCUT2D eigenvalue weighted by atomic mass is 10.4. The zero-order valence-electron chi connectivity index (χ0n) is 8.16. The van der Waals surface area contributed by atoms with Crippen molar-refractivity contribution >= 4 is 0 Å². The number of nitrogens with zero attached hydrogens (tertiary/aromatic N) is 2. The molecule has 3 heteroatoms. The Hall–Kier alpha value is -0.830. The SMILES string of the molecule is CCCNCc1nccn1C1CC1. The summed E-state index contributed by atoms with van der Waals surface area (Å²) >= 11 is 0. The lowest BCUT2D eigenvalue weighted by molar-refractivity contribution is 0.601. The van der Waals surface area contributed by atoms with Crippen molar-refractivity contribution in [1.82, 2.24) is 14.9 Å². The van der Waals surface area contributed by atoms with Gasteiger partial charge in [0.25, 0.3) is 0 Å². The van der Waals surface area contributed by atoms with Crippen LogP contribution in [0.3, 0.4) is 0 Å². The molecule has 0 saturated heterocycles. The van der Waals surface area contributed by atoms with Gasteiger partial charge in [0.15, 0.2) is 0 Å². The van der Waals surface area contributed by atoms with Crippen LogP contribution in [0, 0.1) is 0 Å². The molecule has 1 aliphatic rings. The Balaban J connectivity index is 1.90. The van der Waals surface area contributed by atoms with Gasteiger partial charge in [0, 0.05) is 18.4 Å². The number of imidazole rings is 1. The van der Waals surface area contributed by atoms with Crippen LogP contribution < -0.4 is 5.32 Å². The van der Waals surface area contributed by atoms with Gasteiger partial charge in [-0.3, -0.25) is 0 Å². The Kier molecular flexibility index (Phi) is 2.64. The van der Waals surface area contributed by atoms with Crippen LogP contribution in [0.15, 0.2) is 12.4 Å². The van der Waals surface area contributed by atoms with Crippen LogP contribution in [0.25, 0.3) is 0 Å². The molecule has 1 heterocycles. The molecule has 0 amide bonds. The summed E-state index contributed by atoms with van der Waals surface area (Å²) in [6, 6.07) is 0.751. The molecule has 0 aromatic carbocycles. The molecule has 0 unspecified atom stereocenters. The Morgan fingerprint density at radius 3 is 3.15 bits per heavy atom. The van der Waals surface area contributed by atoms with E-state index < -0.39 is 0 Å². The Morgan fingerprint density at radius 2 is 2.46 bits per heavy atom. The molecule has 1 saturated carbocycles. The monoisotopic (exact) mass is 179 g/mol. The summed E-state index contributed by atoms with van der Waals surface area (Å²) in [6.07, 6.45) is 7.85. The molecule has 0 spiro atoms. The first-order chi connectivity index (χ1) is 6.42. The molecule has 1 N–H and O–H groups in total. The van der Waals surface area contributed by atoms with E-state index in [0.717, 1.165) is 19.1 Å². The van der Waals surface area contributed by atoms with Crippen molar-refractivity contribution < 1.29 is 0 Å². The van der Waals surface area contributed by atoms with E-state index in [-0.39, 0.29) is 0 Å². The second-order valence-corrected chi connectivity index (χ2v) is 3.66. The van der Waals surface area contributed by atoms with Crippen molar-refractivity contribution in [1.29, 1.82) is 0 Å². The van der Waals surface area contributed by atoms with Crippen molar-refractivity contribution in [2.45, 2.75) is 38.8 Å². The van der Waals surface area contributed by atoms with Gasteiger partial charge in [0.1, 0.15) is 5.82 Å². The number of aromatic nitrogens is 2. The van der Waals surface area contributed by atoms with E-state index >= 15 is 0 Å². The Morgan fingerprint density at radius 1 is 1.62 bits per heavy atom. The summed E-state index contributed by atoms with van der Waals surface area (Å²) < 4.78 is 2.31. The summed E-state index contributed by atoms with van der Waals surface area (Å²) in [4.78, 5) is 4.35. The summed E-state index contributed by atoms with van der Waals surface area (Å²) in [6.45, 7) is 4.18. The first-order valence-electron chi connectivity index (χ1n) is 5.14. The standard InChI is InChI=1S/C10H17N3/c1-2-5-11-8-10-12-6-7-13(10)9-3-4-9/h6-7,9,11H,2-5,8H2,1H3. The largest absolute Gasteiger partial charge is 0.331 e. The van der Waals surface area contributed by atoms with Crippen LogP contribution in [0.2, 0.25) is 0 Å². The number of rotatable bonds is 5. The maximum Gasteiger partial charge on any atom is 0.122 e. The van der Waals surface area contributed by atoms with Crippen molar-refractivity contribution in [2.24, 2.45) is 0 Å². The summed E-state index contributed by atoms with van der Waals surface area (Å²) in [5.74, 6) is 1.19.